The van der Waals surface area contributed by atoms with E-state index in [9.17, 15) is 0 Å². The first kappa shape index (κ1) is 12.9. The summed E-state index contributed by atoms with van der Waals surface area (Å²) >= 11 is 0. The van der Waals surface area contributed by atoms with Gasteiger partial charge < -0.3 is 15.7 Å². The summed E-state index contributed by atoms with van der Waals surface area (Å²) in [5, 5.41) is 9.07. The molecule has 0 amide bonds. The molecule has 0 saturated carbocycles. The molecule has 3 nitrogen and oxygen atoms in total. The van der Waals surface area contributed by atoms with Crippen LogP contribution in [0.25, 0.3) is 0 Å². The molecule has 0 fully saturated rings. The van der Waals surface area contributed by atoms with Crippen molar-refractivity contribution in [3.05, 3.63) is 0 Å². The highest BCUT2D eigenvalue weighted by Gasteiger charge is 2.00. The lowest BCUT2D eigenvalue weighted by Crippen LogP contribution is -2.23. The van der Waals surface area contributed by atoms with Gasteiger partial charge in [0.1, 0.15) is 0 Å². The largest absolute Gasteiger partial charge is 0.393 e. The van der Waals surface area contributed by atoms with Gasteiger partial charge in [0.2, 0.25) is 0 Å². The fourth-order valence-electron chi connectivity index (χ4n) is 1.22. The van der Waals surface area contributed by atoms with E-state index < -0.39 is 0 Å². The first-order valence-corrected chi connectivity index (χ1v) is 5.23. The normalized spacial score (nSPS) is 13.6. The van der Waals surface area contributed by atoms with E-state index in [1.807, 2.05) is 6.92 Å². The molecule has 0 aliphatic rings. The maximum atomic E-state index is 9.07. The molecule has 0 aromatic rings. The van der Waals surface area contributed by atoms with Crippen molar-refractivity contribution in [2.75, 3.05) is 26.7 Å². The van der Waals surface area contributed by atoms with Crippen LogP contribution in [0.4, 0.5) is 0 Å². The summed E-state index contributed by atoms with van der Waals surface area (Å²) in [6.07, 6.45) is 4.26. The standard InChI is InChI=1S/C10H24N2O/c1-10(13)6-9-12(2)8-5-3-4-7-11/h10,13H,3-9,11H2,1-2H3. The zero-order valence-electron chi connectivity index (χ0n) is 9.00. The summed E-state index contributed by atoms with van der Waals surface area (Å²) in [4.78, 5) is 2.27. The number of nitrogens with two attached hydrogens (primary N) is 1. The zero-order chi connectivity index (χ0) is 10.1. The van der Waals surface area contributed by atoms with Crippen molar-refractivity contribution in [2.24, 2.45) is 5.73 Å². The Morgan fingerprint density at radius 1 is 1.23 bits per heavy atom. The molecule has 0 rings (SSSR count). The first-order chi connectivity index (χ1) is 6.16. The molecule has 0 spiro atoms. The highest BCUT2D eigenvalue weighted by Crippen LogP contribution is 1.98. The van der Waals surface area contributed by atoms with Crippen LogP contribution >= 0.6 is 0 Å². The maximum Gasteiger partial charge on any atom is 0.0524 e. The van der Waals surface area contributed by atoms with Crippen LogP contribution in [0, 0.1) is 0 Å². The first-order valence-electron chi connectivity index (χ1n) is 5.23. The Morgan fingerprint density at radius 2 is 1.92 bits per heavy atom. The predicted molar refractivity (Wildman–Crippen MR) is 56.7 cm³/mol. The average molecular weight is 188 g/mol. The third-order valence-electron chi connectivity index (χ3n) is 2.17. The minimum atomic E-state index is -0.175. The number of rotatable bonds is 8. The highest BCUT2D eigenvalue weighted by atomic mass is 16.3. The van der Waals surface area contributed by atoms with Gasteiger partial charge in [-0.15, -0.1) is 0 Å². The summed E-state index contributed by atoms with van der Waals surface area (Å²) < 4.78 is 0. The summed E-state index contributed by atoms with van der Waals surface area (Å²) in [6, 6.07) is 0. The van der Waals surface area contributed by atoms with Gasteiger partial charge in [-0.05, 0) is 46.3 Å². The predicted octanol–water partition coefficient (Wildman–Crippen LogP) is 0.818. The molecule has 0 aliphatic carbocycles. The Kier molecular flexibility index (Phi) is 8.40. The molecule has 1 unspecified atom stereocenters. The van der Waals surface area contributed by atoms with Gasteiger partial charge in [0.05, 0.1) is 6.10 Å². The molecule has 3 heteroatoms. The molecule has 0 radical (unpaired) electrons. The van der Waals surface area contributed by atoms with E-state index in [1.54, 1.807) is 0 Å². The van der Waals surface area contributed by atoms with Crippen molar-refractivity contribution in [3.8, 4) is 0 Å². The molecule has 0 aliphatic heterocycles. The van der Waals surface area contributed by atoms with Crippen LogP contribution in [0.1, 0.15) is 32.6 Å². The summed E-state index contributed by atoms with van der Waals surface area (Å²) in [5.41, 5.74) is 5.40. The van der Waals surface area contributed by atoms with Crippen LogP contribution in [-0.4, -0.2) is 42.8 Å². The molecule has 0 aromatic heterocycles. The fourth-order valence-corrected chi connectivity index (χ4v) is 1.22. The summed E-state index contributed by atoms with van der Waals surface area (Å²) in [7, 11) is 2.10. The lowest BCUT2D eigenvalue weighted by molar-refractivity contribution is 0.164. The quantitative estimate of drug-likeness (QED) is 0.554. The van der Waals surface area contributed by atoms with Crippen LogP contribution in [0.2, 0.25) is 0 Å². The fraction of sp³-hybridized carbons (Fsp3) is 1.00. The molecule has 80 valence electrons. The number of hydrogen-bond acceptors (Lipinski definition) is 3. The summed E-state index contributed by atoms with van der Waals surface area (Å²) in [5.74, 6) is 0. The van der Waals surface area contributed by atoms with Gasteiger partial charge in [-0.3, -0.25) is 0 Å². The van der Waals surface area contributed by atoms with Crippen molar-refractivity contribution in [2.45, 2.75) is 38.7 Å². The SMILES string of the molecule is CC(O)CCN(C)CCCCCN. The zero-order valence-corrected chi connectivity index (χ0v) is 9.00. The van der Waals surface area contributed by atoms with Gasteiger partial charge in [-0.25, -0.2) is 0 Å². The van der Waals surface area contributed by atoms with E-state index in [-0.39, 0.29) is 6.10 Å². The third-order valence-corrected chi connectivity index (χ3v) is 2.17. The minimum Gasteiger partial charge on any atom is -0.393 e. The topological polar surface area (TPSA) is 49.5 Å². The van der Waals surface area contributed by atoms with E-state index in [2.05, 4.69) is 11.9 Å². The number of hydrogen-bond donors (Lipinski definition) is 2. The van der Waals surface area contributed by atoms with Crippen molar-refractivity contribution in [3.63, 3.8) is 0 Å². The Balaban J connectivity index is 3.15. The smallest absolute Gasteiger partial charge is 0.0524 e. The van der Waals surface area contributed by atoms with Crippen molar-refractivity contribution < 1.29 is 5.11 Å². The molecular weight excluding hydrogens is 164 g/mol. The van der Waals surface area contributed by atoms with Crippen molar-refractivity contribution >= 4 is 0 Å². The average Bonchev–Trinajstić information content (AvgIpc) is 2.09. The monoisotopic (exact) mass is 188 g/mol. The van der Waals surface area contributed by atoms with Crippen LogP contribution in [0.15, 0.2) is 0 Å². The number of aliphatic hydroxyl groups excluding tert-OH is 1. The van der Waals surface area contributed by atoms with Gasteiger partial charge >= 0.3 is 0 Å². The molecule has 0 aromatic carbocycles. The second-order valence-corrected chi connectivity index (χ2v) is 3.79. The second-order valence-electron chi connectivity index (χ2n) is 3.79. The van der Waals surface area contributed by atoms with E-state index in [4.69, 9.17) is 10.8 Å². The number of nitrogens with zero attached hydrogens (tertiary/aromatic N) is 1. The van der Waals surface area contributed by atoms with Crippen molar-refractivity contribution in [1.82, 2.24) is 4.90 Å². The highest BCUT2D eigenvalue weighted by molar-refractivity contribution is 4.55. The Morgan fingerprint density at radius 3 is 2.46 bits per heavy atom. The van der Waals surface area contributed by atoms with E-state index in [0.29, 0.717) is 0 Å². The minimum absolute atomic E-state index is 0.175. The van der Waals surface area contributed by atoms with Gasteiger partial charge in [0.25, 0.3) is 0 Å². The molecule has 1 atom stereocenters. The molecule has 13 heavy (non-hydrogen) atoms. The number of aliphatic hydroxyl groups is 1. The van der Waals surface area contributed by atoms with Gasteiger partial charge in [0.15, 0.2) is 0 Å². The molecule has 3 N–H and O–H groups in total. The van der Waals surface area contributed by atoms with Gasteiger partial charge in [0, 0.05) is 6.54 Å². The van der Waals surface area contributed by atoms with Crippen LogP contribution in [0.3, 0.4) is 0 Å². The Labute approximate surface area is 81.9 Å². The van der Waals surface area contributed by atoms with Crippen molar-refractivity contribution in [1.29, 1.82) is 0 Å². The van der Waals surface area contributed by atoms with Gasteiger partial charge in [-0.1, -0.05) is 6.42 Å². The maximum absolute atomic E-state index is 9.07. The van der Waals surface area contributed by atoms with E-state index in [0.717, 1.165) is 32.5 Å². The van der Waals surface area contributed by atoms with Gasteiger partial charge in [-0.2, -0.15) is 0 Å². The van der Waals surface area contributed by atoms with Crippen LogP contribution in [0.5, 0.6) is 0 Å². The van der Waals surface area contributed by atoms with E-state index >= 15 is 0 Å². The Hall–Kier alpha value is -0.120. The molecule has 0 heterocycles. The second kappa shape index (κ2) is 8.48. The van der Waals surface area contributed by atoms with E-state index in [1.165, 1.54) is 12.8 Å². The lowest BCUT2D eigenvalue weighted by Gasteiger charge is -2.16. The number of unbranched alkanes of at least 4 members (excludes halogenated alkanes) is 2. The third kappa shape index (κ3) is 9.80. The van der Waals surface area contributed by atoms with Crippen LogP contribution in [-0.2, 0) is 0 Å². The Bertz CT molecular complexity index is 107. The molecular formula is C10H24N2O. The van der Waals surface area contributed by atoms with Crippen LogP contribution < -0.4 is 5.73 Å². The molecule has 0 saturated heterocycles. The lowest BCUT2D eigenvalue weighted by atomic mass is 10.2. The summed E-state index contributed by atoms with van der Waals surface area (Å²) in [6.45, 7) is 4.74. The molecule has 0 bridgehead atoms.